The van der Waals surface area contributed by atoms with E-state index in [0.29, 0.717) is 13.0 Å². The Hall–Kier alpha value is -1.62. The van der Waals surface area contributed by atoms with Crippen molar-refractivity contribution >= 4 is 10.2 Å². The molecule has 7 heteroatoms. The molecule has 1 aromatic rings. The molecule has 1 fully saturated rings. The van der Waals surface area contributed by atoms with E-state index < -0.39 is 10.2 Å². The summed E-state index contributed by atoms with van der Waals surface area (Å²) in [5.74, 6) is 0.207. The van der Waals surface area contributed by atoms with Crippen LogP contribution in [0.3, 0.4) is 0 Å². The summed E-state index contributed by atoms with van der Waals surface area (Å²) in [5.41, 5.74) is 1.01. The molecule has 1 saturated heterocycles. The molecule has 23 heavy (non-hydrogen) atoms. The van der Waals surface area contributed by atoms with Crippen molar-refractivity contribution in [3.8, 4) is 11.8 Å². The predicted octanol–water partition coefficient (Wildman–Crippen LogP) is 1.88. The fourth-order valence-electron chi connectivity index (χ4n) is 2.89. The van der Waals surface area contributed by atoms with Crippen LogP contribution in [0.5, 0.6) is 5.75 Å². The van der Waals surface area contributed by atoms with E-state index in [1.54, 1.807) is 16.4 Å². The van der Waals surface area contributed by atoms with Crippen LogP contribution in [0.1, 0.15) is 31.2 Å². The lowest BCUT2D eigenvalue weighted by Gasteiger charge is -2.37. The molecule has 1 aromatic carbocycles. The van der Waals surface area contributed by atoms with E-state index in [4.69, 9.17) is 5.26 Å². The Kier molecular flexibility index (Phi) is 5.99. The lowest BCUT2D eigenvalue weighted by Crippen LogP contribution is -2.50. The summed E-state index contributed by atoms with van der Waals surface area (Å²) in [6.45, 7) is 0.725. The molecule has 0 aromatic heterocycles. The number of nitriles is 1. The Morgan fingerprint density at radius 1 is 1.35 bits per heavy atom. The van der Waals surface area contributed by atoms with Crippen molar-refractivity contribution in [3.63, 3.8) is 0 Å². The Labute approximate surface area is 138 Å². The summed E-state index contributed by atoms with van der Waals surface area (Å²) in [6.07, 6.45) is 3.51. The van der Waals surface area contributed by atoms with E-state index >= 15 is 0 Å². The van der Waals surface area contributed by atoms with E-state index in [2.05, 4.69) is 0 Å². The summed E-state index contributed by atoms with van der Waals surface area (Å²) in [6, 6.07) is 8.80. The Morgan fingerprint density at radius 3 is 2.70 bits per heavy atom. The third-order valence-corrected chi connectivity index (χ3v) is 6.25. The first-order chi connectivity index (χ1) is 10.9. The van der Waals surface area contributed by atoms with Crippen molar-refractivity contribution in [2.75, 3.05) is 20.1 Å². The highest BCUT2D eigenvalue weighted by atomic mass is 32.2. The molecular weight excluding hydrogens is 314 g/mol. The summed E-state index contributed by atoms with van der Waals surface area (Å²) in [5, 5.41) is 18.0. The molecule has 1 aliphatic heterocycles. The number of hydrogen-bond donors (Lipinski definition) is 1. The van der Waals surface area contributed by atoms with Crippen LogP contribution >= 0.6 is 0 Å². The van der Waals surface area contributed by atoms with Gasteiger partial charge in [0.25, 0.3) is 10.2 Å². The number of piperidine rings is 1. The largest absolute Gasteiger partial charge is 0.508 e. The zero-order valence-electron chi connectivity index (χ0n) is 13.4. The van der Waals surface area contributed by atoms with Gasteiger partial charge >= 0.3 is 0 Å². The first kappa shape index (κ1) is 17.7. The molecule has 1 aliphatic rings. The quantitative estimate of drug-likeness (QED) is 0.859. The first-order valence-corrected chi connectivity index (χ1v) is 9.23. The molecular formula is C16H23N3O3S. The highest BCUT2D eigenvalue weighted by molar-refractivity contribution is 7.86. The molecule has 1 heterocycles. The average Bonchev–Trinajstić information content (AvgIpc) is 2.55. The number of nitrogens with zero attached hydrogens (tertiary/aromatic N) is 3. The summed E-state index contributed by atoms with van der Waals surface area (Å²) >= 11 is 0. The van der Waals surface area contributed by atoms with Gasteiger partial charge in [0.05, 0.1) is 6.07 Å². The van der Waals surface area contributed by atoms with Crippen LogP contribution in [-0.2, 0) is 16.6 Å². The monoisotopic (exact) mass is 337 g/mol. The van der Waals surface area contributed by atoms with Crippen molar-refractivity contribution in [2.45, 2.75) is 38.1 Å². The van der Waals surface area contributed by atoms with E-state index in [1.165, 1.54) is 11.4 Å². The van der Waals surface area contributed by atoms with Gasteiger partial charge in [-0.15, -0.1) is 0 Å². The van der Waals surface area contributed by atoms with E-state index in [1.807, 2.05) is 18.2 Å². The maximum atomic E-state index is 12.7. The van der Waals surface area contributed by atoms with Crippen molar-refractivity contribution in [3.05, 3.63) is 29.8 Å². The normalized spacial score (nSPS) is 19.6. The zero-order chi connectivity index (χ0) is 16.9. The van der Waals surface area contributed by atoms with Crippen molar-refractivity contribution in [2.24, 2.45) is 0 Å². The second kappa shape index (κ2) is 7.77. The fraction of sp³-hybridized carbons (Fsp3) is 0.562. The summed E-state index contributed by atoms with van der Waals surface area (Å²) in [4.78, 5) is 0. The van der Waals surface area contributed by atoms with E-state index in [9.17, 15) is 13.5 Å². The second-order valence-electron chi connectivity index (χ2n) is 5.87. The highest BCUT2D eigenvalue weighted by Gasteiger charge is 2.34. The van der Waals surface area contributed by atoms with Crippen LogP contribution < -0.4 is 0 Å². The molecule has 0 radical (unpaired) electrons. The molecule has 1 unspecified atom stereocenters. The SMILES string of the molecule is CN(CCC#N)S(=O)(=O)N1CCCCC1Cc1ccc(O)cc1. The predicted molar refractivity (Wildman–Crippen MR) is 87.9 cm³/mol. The van der Waals surface area contributed by atoms with Crippen molar-refractivity contribution in [1.29, 1.82) is 5.26 Å². The lowest BCUT2D eigenvalue weighted by atomic mass is 9.98. The number of aromatic hydroxyl groups is 1. The molecule has 1 N–H and O–H groups in total. The smallest absolute Gasteiger partial charge is 0.282 e. The molecule has 0 aliphatic carbocycles. The van der Waals surface area contributed by atoms with Gasteiger partial charge in [-0.1, -0.05) is 18.6 Å². The van der Waals surface area contributed by atoms with Crippen LogP contribution in [-0.4, -0.2) is 48.3 Å². The number of phenols is 1. The minimum absolute atomic E-state index is 0.0807. The zero-order valence-corrected chi connectivity index (χ0v) is 14.2. The van der Waals surface area contributed by atoms with Gasteiger partial charge in [-0.05, 0) is 37.0 Å². The van der Waals surface area contributed by atoms with Gasteiger partial charge in [-0.3, -0.25) is 0 Å². The second-order valence-corrected chi connectivity index (χ2v) is 7.86. The average molecular weight is 337 g/mol. The van der Waals surface area contributed by atoms with Crippen LogP contribution in [0.25, 0.3) is 0 Å². The molecule has 1 atom stereocenters. The Morgan fingerprint density at radius 2 is 2.04 bits per heavy atom. The molecule has 0 saturated carbocycles. The number of hydrogen-bond acceptors (Lipinski definition) is 4. The number of benzene rings is 1. The fourth-order valence-corrected chi connectivity index (χ4v) is 4.48. The highest BCUT2D eigenvalue weighted by Crippen LogP contribution is 2.25. The maximum absolute atomic E-state index is 12.7. The van der Waals surface area contributed by atoms with Gasteiger partial charge in [-0.25, -0.2) is 0 Å². The Bertz CT molecular complexity index is 652. The Balaban J connectivity index is 2.14. The van der Waals surface area contributed by atoms with Crippen LogP contribution in [0.2, 0.25) is 0 Å². The van der Waals surface area contributed by atoms with Gasteiger partial charge < -0.3 is 5.11 Å². The van der Waals surface area contributed by atoms with Gasteiger partial charge in [0.15, 0.2) is 0 Å². The summed E-state index contributed by atoms with van der Waals surface area (Å²) < 4.78 is 28.3. The standard InChI is InChI=1S/C16H23N3O3S/c1-18(11-4-10-17)23(21,22)19-12-3-2-5-15(19)13-14-6-8-16(20)9-7-14/h6-9,15,20H,2-5,11-13H2,1H3. The summed E-state index contributed by atoms with van der Waals surface area (Å²) in [7, 11) is -2.02. The van der Waals surface area contributed by atoms with E-state index in [0.717, 1.165) is 24.8 Å². The van der Waals surface area contributed by atoms with E-state index in [-0.39, 0.29) is 24.8 Å². The molecule has 126 valence electrons. The molecule has 6 nitrogen and oxygen atoms in total. The van der Waals surface area contributed by atoms with Gasteiger partial charge in [0, 0.05) is 32.6 Å². The minimum atomic E-state index is -3.55. The molecule has 2 rings (SSSR count). The molecule has 0 amide bonds. The number of phenolic OH excluding ortho intramolecular Hbond substituents is 1. The maximum Gasteiger partial charge on any atom is 0.282 e. The van der Waals surface area contributed by atoms with Crippen LogP contribution in [0.15, 0.2) is 24.3 Å². The van der Waals surface area contributed by atoms with Crippen LogP contribution in [0, 0.1) is 11.3 Å². The topological polar surface area (TPSA) is 84.6 Å². The lowest BCUT2D eigenvalue weighted by molar-refractivity contribution is 0.235. The third-order valence-electron chi connectivity index (χ3n) is 4.21. The van der Waals surface area contributed by atoms with Gasteiger partial charge in [0.2, 0.25) is 0 Å². The first-order valence-electron chi connectivity index (χ1n) is 7.83. The van der Waals surface area contributed by atoms with Crippen molar-refractivity contribution < 1.29 is 13.5 Å². The number of rotatable bonds is 6. The molecule has 0 spiro atoms. The van der Waals surface area contributed by atoms with Gasteiger partial charge in [-0.2, -0.15) is 22.3 Å². The molecule has 0 bridgehead atoms. The van der Waals surface area contributed by atoms with Gasteiger partial charge in [0.1, 0.15) is 5.75 Å². The minimum Gasteiger partial charge on any atom is -0.508 e. The van der Waals surface area contributed by atoms with Crippen LogP contribution in [0.4, 0.5) is 0 Å². The third kappa shape index (κ3) is 4.44. The van der Waals surface area contributed by atoms with Crippen molar-refractivity contribution in [1.82, 2.24) is 8.61 Å².